The van der Waals surface area contributed by atoms with E-state index in [9.17, 15) is 4.79 Å². The van der Waals surface area contributed by atoms with Crippen LogP contribution in [0.25, 0.3) is 5.70 Å². The Kier molecular flexibility index (Phi) is 9.82. The number of thiazole rings is 1. The van der Waals surface area contributed by atoms with Crippen LogP contribution in [-0.4, -0.2) is 60.2 Å². The van der Waals surface area contributed by atoms with Gasteiger partial charge in [0.1, 0.15) is 5.82 Å². The Morgan fingerprint density at radius 3 is 2.66 bits per heavy atom. The molecule has 1 N–H and O–H groups in total. The van der Waals surface area contributed by atoms with Crippen molar-refractivity contribution in [2.24, 2.45) is 4.99 Å². The summed E-state index contributed by atoms with van der Waals surface area (Å²) in [5, 5.41) is 6.31. The number of thioether (sulfide) groups is 1. The largest absolute Gasteiger partial charge is 0.378 e. The van der Waals surface area contributed by atoms with Gasteiger partial charge < -0.3 is 15.0 Å². The van der Waals surface area contributed by atoms with E-state index in [2.05, 4.69) is 27.0 Å². The molecule has 7 nitrogen and oxygen atoms in total. The third-order valence-electron chi connectivity index (χ3n) is 3.94. The zero-order valence-corrected chi connectivity index (χ0v) is 18.7. The number of ether oxygens (including phenoxy) is 1. The van der Waals surface area contributed by atoms with Crippen LogP contribution in [0.3, 0.4) is 0 Å². The first kappa shape index (κ1) is 23.1. The Hall–Kier alpha value is -2.23. The number of aromatic nitrogens is 2. The van der Waals surface area contributed by atoms with E-state index in [1.54, 1.807) is 28.0 Å². The van der Waals surface area contributed by atoms with Crippen LogP contribution in [0.2, 0.25) is 0 Å². The number of carbonyl (C=O) groups excluding carboxylic acids is 1. The molecular weight excluding hydrogens is 406 g/mol. The van der Waals surface area contributed by atoms with Crippen molar-refractivity contribution >= 4 is 47.7 Å². The molecule has 0 radical (unpaired) electrons. The molecule has 0 aliphatic carbocycles. The average Bonchev–Trinajstić information content (AvgIpc) is 3.08. The standard InChI is InChI=1S/C15H18N4S2.C5H9NO2/c1-10-5-6-14(17-7-10)18-9-20-8-13(16-4)15-11(2)19-12(3)21-15;7-5-6-1-3-8-4-2-6/h5-8H,4,9H2,1-3H3,(H,17,18);5H,1-4H2/b13-8-;. The zero-order valence-electron chi connectivity index (χ0n) is 17.1. The maximum absolute atomic E-state index is 10.0. The molecule has 9 heteroatoms. The van der Waals surface area contributed by atoms with E-state index in [1.165, 1.54) is 0 Å². The summed E-state index contributed by atoms with van der Waals surface area (Å²) in [6.07, 6.45) is 2.71. The number of amides is 1. The lowest BCUT2D eigenvalue weighted by Crippen LogP contribution is -2.34. The predicted octanol–water partition coefficient (Wildman–Crippen LogP) is 3.74. The molecule has 1 amide bonds. The summed E-state index contributed by atoms with van der Waals surface area (Å²) >= 11 is 3.27. The first-order valence-electron chi connectivity index (χ1n) is 9.20. The lowest BCUT2D eigenvalue weighted by molar-refractivity contribution is -0.121. The summed E-state index contributed by atoms with van der Waals surface area (Å²) in [4.78, 5) is 25.7. The summed E-state index contributed by atoms with van der Waals surface area (Å²) in [5.41, 5.74) is 3.04. The molecule has 29 heavy (non-hydrogen) atoms. The minimum absolute atomic E-state index is 0.693. The number of pyridine rings is 1. The third-order valence-corrected chi connectivity index (χ3v) is 5.74. The van der Waals surface area contributed by atoms with Crippen LogP contribution in [0.5, 0.6) is 0 Å². The van der Waals surface area contributed by atoms with E-state index < -0.39 is 0 Å². The molecule has 1 aliphatic rings. The highest BCUT2D eigenvalue weighted by molar-refractivity contribution is 8.02. The van der Waals surface area contributed by atoms with Crippen molar-refractivity contribution < 1.29 is 9.53 Å². The van der Waals surface area contributed by atoms with Crippen LogP contribution in [-0.2, 0) is 9.53 Å². The highest BCUT2D eigenvalue weighted by Crippen LogP contribution is 2.28. The van der Waals surface area contributed by atoms with Gasteiger partial charge in [-0.3, -0.25) is 9.79 Å². The van der Waals surface area contributed by atoms with Gasteiger partial charge in [-0.15, -0.1) is 23.1 Å². The van der Waals surface area contributed by atoms with Gasteiger partial charge in [-0.2, -0.15) is 0 Å². The van der Waals surface area contributed by atoms with Crippen LogP contribution in [0.1, 0.15) is 21.1 Å². The average molecular weight is 434 g/mol. The SMILES string of the molecule is C=N/C(=C\SCNc1ccc(C)cn1)c1sc(C)nc1C.O=CN1CCOCC1. The number of nitrogens with one attached hydrogen (secondary N) is 1. The smallest absolute Gasteiger partial charge is 0.209 e. The van der Waals surface area contributed by atoms with Crippen LogP contribution in [0.15, 0.2) is 28.7 Å². The lowest BCUT2D eigenvalue weighted by atomic mass is 10.3. The van der Waals surface area contributed by atoms with Crippen molar-refractivity contribution in [1.29, 1.82) is 0 Å². The molecule has 0 aromatic carbocycles. The number of morpholine rings is 1. The number of rotatable bonds is 7. The van der Waals surface area contributed by atoms with Crippen molar-refractivity contribution in [2.75, 3.05) is 37.5 Å². The van der Waals surface area contributed by atoms with Gasteiger partial charge in [0, 0.05) is 19.3 Å². The van der Waals surface area contributed by atoms with Crippen molar-refractivity contribution in [3.8, 4) is 0 Å². The normalized spacial score (nSPS) is 14.0. The molecule has 1 fully saturated rings. The monoisotopic (exact) mass is 433 g/mol. The van der Waals surface area contributed by atoms with Gasteiger partial charge in [0.15, 0.2) is 0 Å². The molecule has 2 aromatic heterocycles. The molecule has 1 saturated heterocycles. The summed E-state index contributed by atoms with van der Waals surface area (Å²) < 4.78 is 5.00. The minimum Gasteiger partial charge on any atom is -0.378 e. The number of anilines is 1. The van der Waals surface area contributed by atoms with E-state index in [0.29, 0.717) is 13.2 Å². The number of nitrogens with zero attached hydrogens (tertiary/aromatic N) is 4. The van der Waals surface area contributed by atoms with Crippen LogP contribution in [0.4, 0.5) is 5.82 Å². The molecule has 3 heterocycles. The predicted molar refractivity (Wildman–Crippen MR) is 123 cm³/mol. The molecule has 156 valence electrons. The Morgan fingerprint density at radius 2 is 2.14 bits per heavy atom. The van der Waals surface area contributed by atoms with Crippen molar-refractivity contribution in [3.05, 3.63) is 44.9 Å². The second-order valence-electron chi connectivity index (χ2n) is 6.27. The summed E-state index contributed by atoms with van der Waals surface area (Å²) in [6, 6.07) is 4.01. The van der Waals surface area contributed by atoms with Gasteiger partial charge in [-0.05, 0) is 44.5 Å². The summed E-state index contributed by atoms with van der Waals surface area (Å²) in [5.74, 6) is 1.60. The number of hydrogen-bond acceptors (Lipinski definition) is 8. The maximum atomic E-state index is 10.0. The third kappa shape index (κ3) is 7.96. The molecule has 0 unspecified atom stereocenters. The van der Waals surface area contributed by atoms with E-state index in [4.69, 9.17) is 4.74 Å². The Balaban J connectivity index is 0.000000313. The van der Waals surface area contributed by atoms with Gasteiger partial charge in [0.2, 0.25) is 6.41 Å². The molecule has 0 atom stereocenters. The second-order valence-corrected chi connectivity index (χ2v) is 8.33. The van der Waals surface area contributed by atoms with Crippen LogP contribution < -0.4 is 5.32 Å². The molecule has 3 rings (SSSR count). The highest BCUT2D eigenvalue weighted by Gasteiger charge is 2.08. The Labute approximate surface area is 180 Å². The lowest BCUT2D eigenvalue weighted by Gasteiger charge is -2.21. The maximum Gasteiger partial charge on any atom is 0.209 e. The first-order chi connectivity index (χ1) is 14.0. The molecule has 0 bridgehead atoms. The zero-order chi connectivity index (χ0) is 21.1. The van der Waals surface area contributed by atoms with E-state index in [-0.39, 0.29) is 0 Å². The van der Waals surface area contributed by atoms with Crippen LogP contribution in [0, 0.1) is 20.8 Å². The van der Waals surface area contributed by atoms with Gasteiger partial charge in [-0.25, -0.2) is 9.97 Å². The van der Waals surface area contributed by atoms with Gasteiger partial charge >= 0.3 is 0 Å². The number of aryl methyl sites for hydroxylation is 3. The Bertz CT molecular complexity index is 815. The van der Waals surface area contributed by atoms with E-state index in [0.717, 1.165) is 58.0 Å². The van der Waals surface area contributed by atoms with E-state index >= 15 is 0 Å². The number of hydrogen-bond donors (Lipinski definition) is 1. The van der Waals surface area contributed by atoms with Crippen molar-refractivity contribution in [2.45, 2.75) is 20.8 Å². The minimum atomic E-state index is 0.693. The van der Waals surface area contributed by atoms with Crippen molar-refractivity contribution in [1.82, 2.24) is 14.9 Å². The summed E-state index contributed by atoms with van der Waals surface area (Å²) in [7, 11) is 0. The summed E-state index contributed by atoms with van der Waals surface area (Å²) in [6.45, 7) is 12.6. The van der Waals surface area contributed by atoms with Crippen LogP contribution >= 0.6 is 23.1 Å². The Morgan fingerprint density at radius 1 is 1.38 bits per heavy atom. The molecule has 0 spiro atoms. The fourth-order valence-corrected chi connectivity index (χ4v) is 4.06. The number of aliphatic imine (C=N–C) groups is 1. The second kappa shape index (κ2) is 12.4. The topological polar surface area (TPSA) is 79.7 Å². The van der Waals surface area contributed by atoms with E-state index in [1.807, 2.05) is 44.5 Å². The molecular formula is C20H27N5O2S2. The number of carbonyl (C=O) groups is 1. The van der Waals surface area contributed by atoms with Gasteiger partial charge in [-0.1, -0.05) is 6.07 Å². The van der Waals surface area contributed by atoms with Gasteiger partial charge in [0.05, 0.1) is 40.4 Å². The van der Waals surface area contributed by atoms with Crippen molar-refractivity contribution in [3.63, 3.8) is 0 Å². The molecule has 1 aliphatic heterocycles. The fraction of sp³-hybridized carbons (Fsp3) is 0.400. The first-order valence-corrected chi connectivity index (χ1v) is 11.1. The molecule has 0 saturated carbocycles. The quantitative estimate of drug-likeness (QED) is 0.310. The highest BCUT2D eigenvalue weighted by atomic mass is 32.2. The van der Waals surface area contributed by atoms with Gasteiger partial charge in [0.25, 0.3) is 0 Å². The molecule has 2 aromatic rings. The fourth-order valence-electron chi connectivity index (χ4n) is 2.42.